The number of nitrogens with zero attached hydrogens (tertiary/aromatic N) is 3. The third-order valence-corrected chi connectivity index (χ3v) is 4.20. The van der Waals surface area contributed by atoms with Crippen molar-refractivity contribution in [1.29, 1.82) is 0 Å². The normalized spacial score (nSPS) is 10.4. The highest BCUT2D eigenvalue weighted by Crippen LogP contribution is 2.20. The third-order valence-electron chi connectivity index (χ3n) is 3.26. The minimum absolute atomic E-state index is 0.129. The summed E-state index contributed by atoms with van der Waals surface area (Å²) in [4.78, 5) is 22.7. The van der Waals surface area contributed by atoms with E-state index in [-0.39, 0.29) is 11.3 Å². The molecule has 24 heavy (non-hydrogen) atoms. The van der Waals surface area contributed by atoms with Crippen molar-refractivity contribution in [3.05, 3.63) is 80.0 Å². The second-order valence-electron chi connectivity index (χ2n) is 4.86. The number of aromatic nitrogens is 2. The second-order valence-corrected chi connectivity index (χ2v) is 6.02. The predicted molar refractivity (Wildman–Crippen MR) is 97.3 cm³/mol. The van der Waals surface area contributed by atoms with Crippen LogP contribution in [0.15, 0.2) is 60.8 Å². The van der Waals surface area contributed by atoms with Gasteiger partial charge in [0.2, 0.25) is 0 Å². The number of halogens is 1. The molecule has 0 unspecified atom stereocenters. The Hall–Kier alpha value is -2.75. The minimum Gasteiger partial charge on any atom is -0.305 e. The lowest BCUT2D eigenvalue weighted by atomic mass is 10.2. The minimum atomic E-state index is -0.531. The fraction of sp³-hybridized carbons (Fsp3) is 0. The van der Waals surface area contributed by atoms with Crippen LogP contribution in [0.1, 0.15) is 10.4 Å². The topological polar surface area (TPSA) is 90.1 Å². The fourth-order valence-electron chi connectivity index (χ4n) is 2.10. The number of carbonyl (C=O) groups excluding carboxylic acids is 1. The molecule has 0 radical (unpaired) electrons. The lowest BCUT2D eigenvalue weighted by molar-refractivity contribution is -0.384. The van der Waals surface area contributed by atoms with Gasteiger partial charge in [0.1, 0.15) is 0 Å². The molecule has 7 nitrogen and oxygen atoms in total. The lowest BCUT2D eigenvalue weighted by Crippen LogP contribution is -2.14. The largest absolute Gasteiger partial charge is 0.305 e. The molecule has 0 aliphatic heterocycles. The van der Waals surface area contributed by atoms with Crippen LogP contribution >= 0.6 is 22.6 Å². The molecule has 0 aliphatic rings. The van der Waals surface area contributed by atoms with E-state index in [2.05, 4.69) is 10.4 Å². The maximum Gasteiger partial charge on any atom is 0.270 e. The van der Waals surface area contributed by atoms with Gasteiger partial charge >= 0.3 is 0 Å². The van der Waals surface area contributed by atoms with Crippen molar-refractivity contribution in [1.82, 2.24) is 9.78 Å². The Bertz CT molecular complexity index is 909. The first-order chi connectivity index (χ1) is 11.5. The van der Waals surface area contributed by atoms with Crippen LogP contribution in [-0.4, -0.2) is 20.6 Å². The van der Waals surface area contributed by atoms with Crippen molar-refractivity contribution in [3.63, 3.8) is 0 Å². The first-order valence-electron chi connectivity index (χ1n) is 6.91. The van der Waals surface area contributed by atoms with Crippen molar-refractivity contribution in [2.75, 3.05) is 5.32 Å². The molecule has 0 saturated carbocycles. The van der Waals surface area contributed by atoms with E-state index in [0.717, 1.165) is 5.69 Å². The molecule has 120 valence electrons. The number of non-ortho nitro benzene ring substituents is 1. The Balaban J connectivity index is 1.82. The van der Waals surface area contributed by atoms with Crippen LogP contribution in [0, 0.1) is 13.7 Å². The van der Waals surface area contributed by atoms with Gasteiger partial charge in [-0.3, -0.25) is 14.9 Å². The molecule has 3 aromatic rings. The van der Waals surface area contributed by atoms with E-state index < -0.39 is 10.8 Å². The van der Waals surface area contributed by atoms with Crippen LogP contribution < -0.4 is 5.32 Å². The van der Waals surface area contributed by atoms with Crippen LogP contribution in [0.4, 0.5) is 11.5 Å². The van der Waals surface area contributed by atoms with E-state index in [4.69, 9.17) is 0 Å². The summed E-state index contributed by atoms with van der Waals surface area (Å²) in [6.45, 7) is 0. The van der Waals surface area contributed by atoms with E-state index in [1.54, 1.807) is 16.9 Å². The van der Waals surface area contributed by atoms with Gasteiger partial charge in [0.05, 0.1) is 16.2 Å². The lowest BCUT2D eigenvalue weighted by Gasteiger charge is -2.05. The molecule has 0 bridgehead atoms. The highest BCUT2D eigenvalue weighted by Gasteiger charge is 2.16. The maximum absolute atomic E-state index is 12.4. The number of amides is 1. The highest BCUT2D eigenvalue weighted by atomic mass is 127. The van der Waals surface area contributed by atoms with Crippen molar-refractivity contribution in [3.8, 4) is 5.69 Å². The van der Waals surface area contributed by atoms with Gasteiger partial charge in [-0.15, -0.1) is 0 Å². The Morgan fingerprint density at radius 1 is 1.17 bits per heavy atom. The smallest absolute Gasteiger partial charge is 0.270 e. The van der Waals surface area contributed by atoms with Crippen molar-refractivity contribution < 1.29 is 9.72 Å². The quantitative estimate of drug-likeness (QED) is 0.386. The first-order valence-corrected chi connectivity index (χ1v) is 7.99. The van der Waals surface area contributed by atoms with Gasteiger partial charge in [0.15, 0.2) is 5.82 Å². The summed E-state index contributed by atoms with van der Waals surface area (Å²) in [6, 6.07) is 15.3. The average molecular weight is 434 g/mol. The summed E-state index contributed by atoms with van der Waals surface area (Å²) in [5.74, 6) is -0.0763. The van der Waals surface area contributed by atoms with E-state index >= 15 is 0 Å². The van der Waals surface area contributed by atoms with E-state index in [1.807, 2.05) is 52.9 Å². The van der Waals surface area contributed by atoms with Gasteiger partial charge in [-0.25, -0.2) is 4.68 Å². The number of hydrogen-bond donors (Lipinski definition) is 1. The summed E-state index contributed by atoms with van der Waals surface area (Å²) >= 11 is 1.96. The number of hydrogen-bond acceptors (Lipinski definition) is 4. The molecule has 8 heteroatoms. The zero-order chi connectivity index (χ0) is 17.1. The molecule has 1 N–H and O–H groups in total. The number of nitro groups is 1. The van der Waals surface area contributed by atoms with E-state index in [9.17, 15) is 14.9 Å². The van der Waals surface area contributed by atoms with Gasteiger partial charge in [-0.2, -0.15) is 5.10 Å². The summed E-state index contributed by atoms with van der Waals surface area (Å²) in [5, 5.41) is 17.8. The Labute approximate surface area is 150 Å². The predicted octanol–water partition coefficient (Wildman–Crippen LogP) is 3.64. The summed E-state index contributed by atoms with van der Waals surface area (Å²) in [7, 11) is 0. The number of nitrogens with one attached hydrogen (secondary N) is 1. The van der Waals surface area contributed by atoms with Crippen molar-refractivity contribution >= 4 is 40.0 Å². The first kappa shape index (κ1) is 16.1. The molecule has 3 rings (SSSR count). The fourth-order valence-corrected chi connectivity index (χ4v) is 2.68. The van der Waals surface area contributed by atoms with Gasteiger partial charge in [-0.05, 0) is 40.8 Å². The monoisotopic (exact) mass is 434 g/mol. The molecule has 1 aromatic heterocycles. The molecule has 0 fully saturated rings. The highest BCUT2D eigenvalue weighted by molar-refractivity contribution is 14.1. The summed E-state index contributed by atoms with van der Waals surface area (Å²) in [5.41, 5.74) is 0.970. The molecule has 1 amide bonds. The standard InChI is InChI=1S/C16H11IN4O3/c17-14-7-6-12(21(23)24)10-13(14)16(22)18-15-8-9-20(19-15)11-4-2-1-3-5-11/h1-10H,(H,18,19,22). The van der Waals surface area contributed by atoms with Crippen LogP contribution in [-0.2, 0) is 0 Å². The maximum atomic E-state index is 12.4. The van der Waals surface area contributed by atoms with Gasteiger partial charge in [0, 0.05) is 28.0 Å². The Morgan fingerprint density at radius 2 is 1.92 bits per heavy atom. The van der Waals surface area contributed by atoms with Crippen molar-refractivity contribution in [2.24, 2.45) is 0 Å². The van der Waals surface area contributed by atoms with Crippen LogP contribution in [0.5, 0.6) is 0 Å². The molecular weight excluding hydrogens is 423 g/mol. The van der Waals surface area contributed by atoms with Crippen LogP contribution in [0.3, 0.4) is 0 Å². The zero-order valence-corrected chi connectivity index (χ0v) is 14.4. The number of nitro benzene ring substituents is 1. The number of anilines is 1. The Morgan fingerprint density at radius 3 is 2.62 bits per heavy atom. The average Bonchev–Trinajstić information content (AvgIpc) is 3.04. The number of carbonyl (C=O) groups is 1. The van der Waals surface area contributed by atoms with Crippen LogP contribution in [0.25, 0.3) is 5.69 Å². The number of benzene rings is 2. The van der Waals surface area contributed by atoms with Gasteiger partial charge < -0.3 is 5.32 Å². The zero-order valence-electron chi connectivity index (χ0n) is 12.2. The van der Waals surface area contributed by atoms with E-state index in [1.165, 1.54) is 18.2 Å². The molecule has 0 atom stereocenters. The SMILES string of the molecule is O=C(Nc1ccn(-c2ccccc2)n1)c1cc([N+](=O)[O-])ccc1I. The molecular formula is C16H11IN4O3. The molecule has 2 aromatic carbocycles. The number of rotatable bonds is 4. The van der Waals surface area contributed by atoms with Gasteiger partial charge in [-0.1, -0.05) is 18.2 Å². The summed E-state index contributed by atoms with van der Waals surface area (Å²) < 4.78 is 2.26. The molecule has 1 heterocycles. The second kappa shape index (κ2) is 6.79. The van der Waals surface area contributed by atoms with Crippen LogP contribution in [0.2, 0.25) is 0 Å². The third kappa shape index (κ3) is 3.43. The molecule has 0 aliphatic carbocycles. The van der Waals surface area contributed by atoms with Gasteiger partial charge in [0.25, 0.3) is 11.6 Å². The number of para-hydroxylation sites is 1. The molecule has 0 saturated heterocycles. The van der Waals surface area contributed by atoms with Crippen molar-refractivity contribution in [2.45, 2.75) is 0 Å². The Kier molecular flexibility index (Phi) is 4.56. The summed E-state index contributed by atoms with van der Waals surface area (Å²) in [6.07, 6.45) is 1.73. The van der Waals surface area contributed by atoms with E-state index in [0.29, 0.717) is 9.39 Å². The molecule has 0 spiro atoms.